The van der Waals surface area contributed by atoms with Crippen LogP contribution < -0.4 is 11.1 Å². The number of anilines is 1. The molecule has 3 N–H and O–H groups in total. The summed E-state index contributed by atoms with van der Waals surface area (Å²) in [6.07, 6.45) is -3.85. The Labute approximate surface area is 188 Å². The van der Waals surface area contributed by atoms with Crippen LogP contribution >= 0.6 is 0 Å². The van der Waals surface area contributed by atoms with Crippen LogP contribution in [-0.2, 0) is 16.9 Å². The van der Waals surface area contributed by atoms with Gasteiger partial charge in [0.25, 0.3) is 5.92 Å². The number of aromatic nitrogens is 2. The number of alkyl halides is 5. The number of nitrogens with two attached hydrogens (primary N) is 1. The van der Waals surface area contributed by atoms with E-state index in [0.29, 0.717) is 12.8 Å². The molecule has 1 aliphatic rings. The van der Waals surface area contributed by atoms with Gasteiger partial charge in [-0.2, -0.15) is 22.0 Å². The second kappa shape index (κ2) is 9.68. The molecule has 0 bridgehead atoms. The van der Waals surface area contributed by atoms with Crippen LogP contribution in [0.25, 0.3) is 0 Å². The molecule has 1 aromatic heterocycles. The molecular formula is C20H19F8N5O. The molecule has 0 radical (unpaired) electrons. The molecule has 2 aromatic rings. The first-order chi connectivity index (χ1) is 15.8. The average molecular weight is 497 g/mol. The Morgan fingerprint density at radius 3 is 2.50 bits per heavy atom. The van der Waals surface area contributed by atoms with Gasteiger partial charge in [-0.05, 0) is 25.0 Å². The summed E-state index contributed by atoms with van der Waals surface area (Å²) in [5.41, 5.74) is 3.98. The second-order valence-electron chi connectivity index (χ2n) is 7.71. The molecule has 1 aliphatic heterocycles. The number of nitrogens with zero attached hydrogens (tertiary/aromatic N) is 3. The van der Waals surface area contributed by atoms with E-state index < -0.39 is 65.4 Å². The third-order valence-electron chi connectivity index (χ3n) is 5.35. The van der Waals surface area contributed by atoms with E-state index in [2.05, 4.69) is 15.3 Å². The molecule has 1 fully saturated rings. The number of benzene rings is 1. The fourth-order valence-corrected chi connectivity index (χ4v) is 3.60. The van der Waals surface area contributed by atoms with Gasteiger partial charge in [-0.1, -0.05) is 0 Å². The minimum atomic E-state index is -4.75. The second-order valence-corrected chi connectivity index (χ2v) is 7.71. The fourth-order valence-electron chi connectivity index (χ4n) is 3.60. The van der Waals surface area contributed by atoms with Gasteiger partial charge in [0.15, 0.2) is 11.6 Å². The zero-order valence-corrected chi connectivity index (χ0v) is 17.4. The summed E-state index contributed by atoms with van der Waals surface area (Å²) in [7, 11) is 0. The monoisotopic (exact) mass is 497 g/mol. The highest BCUT2D eigenvalue weighted by molar-refractivity contribution is 5.77. The highest BCUT2D eigenvalue weighted by Gasteiger charge is 2.44. The smallest absolute Gasteiger partial charge is 0.368 e. The first-order valence-electron chi connectivity index (χ1n) is 10.0. The average Bonchev–Trinajstić information content (AvgIpc) is 3.23. The van der Waals surface area contributed by atoms with E-state index in [-0.39, 0.29) is 31.0 Å². The predicted molar refractivity (Wildman–Crippen MR) is 103 cm³/mol. The van der Waals surface area contributed by atoms with Crippen molar-refractivity contribution in [2.24, 2.45) is 5.73 Å². The van der Waals surface area contributed by atoms with Gasteiger partial charge in [0.05, 0.1) is 11.6 Å². The highest BCUT2D eigenvalue weighted by Crippen LogP contribution is 2.35. The standard InChI is InChI=1S/C20H19F8N5O/c21-12-7-14(23)13(22)6-11(12)19(24,25)15(29)8-17(34)33-5-1-2-10(33)9-31-16-3-4-30-18(32-16)20(26,27)28/h3-4,6-7,10,15H,1-2,5,8-9,29H2,(H,30,31,32). The van der Waals surface area contributed by atoms with Crippen LogP contribution in [0.4, 0.5) is 40.9 Å². The summed E-state index contributed by atoms with van der Waals surface area (Å²) in [4.78, 5) is 20.3. The number of likely N-dealkylation sites (tertiary alicyclic amines) is 1. The van der Waals surface area contributed by atoms with Crippen molar-refractivity contribution in [3.05, 3.63) is 53.2 Å². The summed E-state index contributed by atoms with van der Waals surface area (Å²) in [5, 5.41) is 2.66. The van der Waals surface area contributed by atoms with E-state index in [1.54, 1.807) is 0 Å². The summed E-state index contributed by atoms with van der Waals surface area (Å²) in [6.45, 7) is 0.157. The lowest BCUT2D eigenvalue weighted by molar-refractivity contribution is -0.144. The molecule has 34 heavy (non-hydrogen) atoms. The zero-order valence-electron chi connectivity index (χ0n) is 17.4. The van der Waals surface area contributed by atoms with Crippen LogP contribution in [0.2, 0.25) is 0 Å². The van der Waals surface area contributed by atoms with Crippen molar-refractivity contribution < 1.29 is 39.9 Å². The van der Waals surface area contributed by atoms with Gasteiger partial charge in [0, 0.05) is 37.8 Å². The van der Waals surface area contributed by atoms with Crippen molar-refractivity contribution in [1.82, 2.24) is 14.9 Å². The van der Waals surface area contributed by atoms with E-state index in [9.17, 15) is 39.9 Å². The minimum Gasteiger partial charge on any atom is -0.368 e. The molecule has 14 heteroatoms. The summed E-state index contributed by atoms with van der Waals surface area (Å²) >= 11 is 0. The Bertz CT molecular complexity index is 1050. The van der Waals surface area contributed by atoms with Gasteiger partial charge in [0.2, 0.25) is 11.7 Å². The maximum atomic E-state index is 14.6. The number of amides is 1. The quantitative estimate of drug-likeness (QED) is 0.449. The van der Waals surface area contributed by atoms with Crippen molar-refractivity contribution in [3.8, 4) is 0 Å². The Balaban J connectivity index is 1.65. The van der Waals surface area contributed by atoms with Gasteiger partial charge in [-0.15, -0.1) is 0 Å². The first kappa shape index (κ1) is 25.6. The van der Waals surface area contributed by atoms with Crippen LogP contribution in [-0.4, -0.2) is 45.9 Å². The van der Waals surface area contributed by atoms with Gasteiger partial charge >= 0.3 is 6.18 Å². The third-order valence-corrected chi connectivity index (χ3v) is 5.35. The van der Waals surface area contributed by atoms with Gasteiger partial charge in [-0.25, -0.2) is 23.1 Å². The predicted octanol–water partition coefficient (Wildman–Crippen LogP) is 3.83. The molecule has 6 nitrogen and oxygen atoms in total. The summed E-state index contributed by atoms with van der Waals surface area (Å²) in [5.74, 6) is -11.5. The molecule has 1 aromatic carbocycles. The molecule has 0 saturated carbocycles. The lowest BCUT2D eigenvalue weighted by Gasteiger charge is -2.29. The van der Waals surface area contributed by atoms with Crippen LogP contribution in [0.3, 0.4) is 0 Å². The minimum absolute atomic E-state index is 0.00545. The lowest BCUT2D eigenvalue weighted by Crippen LogP contribution is -2.46. The van der Waals surface area contributed by atoms with Crippen molar-refractivity contribution in [2.75, 3.05) is 18.4 Å². The Morgan fingerprint density at radius 1 is 1.15 bits per heavy atom. The SMILES string of the molecule is NC(CC(=O)N1CCCC1CNc1ccnc(C(F)(F)F)n1)C(F)(F)c1cc(F)c(F)cc1F. The Morgan fingerprint density at radius 2 is 1.82 bits per heavy atom. The summed E-state index contributed by atoms with van der Waals surface area (Å²) in [6, 6.07) is -1.65. The van der Waals surface area contributed by atoms with Gasteiger partial charge in [0.1, 0.15) is 11.6 Å². The van der Waals surface area contributed by atoms with Crippen molar-refractivity contribution in [1.29, 1.82) is 0 Å². The van der Waals surface area contributed by atoms with Crippen molar-refractivity contribution in [3.63, 3.8) is 0 Å². The van der Waals surface area contributed by atoms with Crippen molar-refractivity contribution in [2.45, 2.75) is 43.4 Å². The molecule has 2 atom stereocenters. The number of carbonyl (C=O) groups excluding carboxylic acids is 1. The molecule has 0 aliphatic carbocycles. The lowest BCUT2D eigenvalue weighted by atomic mass is 9.97. The first-order valence-corrected chi connectivity index (χ1v) is 10.0. The Kier molecular flexibility index (Phi) is 7.29. The molecule has 1 saturated heterocycles. The maximum Gasteiger partial charge on any atom is 0.451 e. The van der Waals surface area contributed by atoms with Gasteiger partial charge in [-0.3, -0.25) is 4.79 Å². The maximum absolute atomic E-state index is 14.6. The molecule has 186 valence electrons. The van der Waals surface area contributed by atoms with E-state index in [1.165, 1.54) is 11.0 Å². The molecule has 2 heterocycles. The molecule has 2 unspecified atom stereocenters. The molecule has 3 rings (SSSR count). The van der Waals surface area contributed by atoms with Gasteiger partial charge < -0.3 is 16.0 Å². The number of halogens is 8. The van der Waals surface area contributed by atoms with Crippen LogP contribution in [0.5, 0.6) is 0 Å². The number of carbonyl (C=O) groups is 1. The van der Waals surface area contributed by atoms with Crippen LogP contribution in [0, 0.1) is 17.5 Å². The molecule has 0 spiro atoms. The van der Waals surface area contributed by atoms with E-state index in [1.807, 2.05) is 0 Å². The Hall–Kier alpha value is -3.03. The highest BCUT2D eigenvalue weighted by atomic mass is 19.4. The number of nitrogens with one attached hydrogen (secondary N) is 1. The topological polar surface area (TPSA) is 84.1 Å². The third kappa shape index (κ3) is 5.54. The molecular weight excluding hydrogens is 478 g/mol. The number of hydrogen-bond donors (Lipinski definition) is 2. The van der Waals surface area contributed by atoms with Crippen LogP contribution in [0.15, 0.2) is 24.4 Å². The number of rotatable bonds is 7. The zero-order chi connectivity index (χ0) is 25.3. The largest absolute Gasteiger partial charge is 0.451 e. The van der Waals surface area contributed by atoms with E-state index >= 15 is 0 Å². The van der Waals surface area contributed by atoms with E-state index in [0.717, 1.165) is 6.20 Å². The number of hydrogen-bond acceptors (Lipinski definition) is 5. The summed E-state index contributed by atoms with van der Waals surface area (Å²) < 4.78 is 108. The van der Waals surface area contributed by atoms with E-state index in [4.69, 9.17) is 5.73 Å². The van der Waals surface area contributed by atoms with Crippen LogP contribution in [0.1, 0.15) is 30.7 Å². The molecule has 1 amide bonds. The van der Waals surface area contributed by atoms with Crippen molar-refractivity contribution >= 4 is 11.7 Å². The fraction of sp³-hybridized carbons (Fsp3) is 0.450. The normalized spacial score (nSPS) is 17.7.